The Bertz CT molecular complexity index is 1110. The summed E-state index contributed by atoms with van der Waals surface area (Å²) in [6, 6.07) is 7.94. The predicted molar refractivity (Wildman–Crippen MR) is 124 cm³/mol. The Morgan fingerprint density at radius 1 is 1.18 bits per heavy atom. The molecule has 2 amide bonds. The van der Waals surface area contributed by atoms with E-state index in [-0.39, 0.29) is 17.6 Å². The molecule has 1 aromatic carbocycles. The van der Waals surface area contributed by atoms with Crippen molar-refractivity contribution in [1.29, 1.82) is 0 Å². The van der Waals surface area contributed by atoms with Crippen molar-refractivity contribution in [2.75, 3.05) is 13.1 Å². The minimum absolute atomic E-state index is 0.181. The predicted octanol–water partition coefficient (Wildman–Crippen LogP) is 3.79. The molecule has 1 aromatic heterocycles. The molecular formula is C25H29N3O6. The van der Waals surface area contributed by atoms with E-state index in [1.807, 2.05) is 26.8 Å². The van der Waals surface area contributed by atoms with Crippen LogP contribution in [0.1, 0.15) is 62.5 Å². The molecule has 2 aliphatic heterocycles. The smallest absolute Gasteiger partial charge is 0.410 e. The van der Waals surface area contributed by atoms with Gasteiger partial charge < -0.3 is 24.8 Å². The van der Waals surface area contributed by atoms with Crippen LogP contribution >= 0.6 is 0 Å². The summed E-state index contributed by atoms with van der Waals surface area (Å²) in [4.78, 5) is 41.9. The molecule has 34 heavy (non-hydrogen) atoms. The Balaban J connectivity index is 1.59. The number of hydrogen-bond donors (Lipinski definition) is 2. The summed E-state index contributed by atoms with van der Waals surface area (Å²) in [6.07, 6.45) is 2.32. The number of hydrogen-bond acceptors (Lipinski definition) is 6. The highest BCUT2D eigenvalue weighted by atomic mass is 16.6. The largest absolute Gasteiger partial charge is 0.483 e. The summed E-state index contributed by atoms with van der Waals surface area (Å²) in [7, 11) is 0. The lowest BCUT2D eigenvalue weighted by Gasteiger charge is -2.42. The van der Waals surface area contributed by atoms with Gasteiger partial charge in [0.1, 0.15) is 17.0 Å². The molecule has 0 radical (unpaired) electrons. The molecule has 4 rings (SSSR count). The second kappa shape index (κ2) is 8.62. The molecule has 2 aliphatic rings. The van der Waals surface area contributed by atoms with Crippen molar-refractivity contribution in [3.63, 3.8) is 0 Å². The van der Waals surface area contributed by atoms with Crippen LogP contribution in [0.25, 0.3) is 11.3 Å². The number of aromatic nitrogens is 1. The maximum absolute atomic E-state index is 12.5. The Morgan fingerprint density at radius 3 is 2.38 bits per heavy atom. The highest BCUT2D eigenvalue weighted by molar-refractivity contribution is 5.88. The van der Waals surface area contributed by atoms with Crippen molar-refractivity contribution in [1.82, 2.24) is 15.2 Å². The summed E-state index contributed by atoms with van der Waals surface area (Å²) in [5, 5.41) is 12.2. The molecule has 0 saturated carbocycles. The normalized spacial score (nSPS) is 18.7. The number of ether oxygens (including phenoxy) is 2. The molecule has 1 fully saturated rings. The van der Waals surface area contributed by atoms with Crippen LogP contribution in [0.2, 0.25) is 0 Å². The van der Waals surface area contributed by atoms with Crippen molar-refractivity contribution in [3.8, 4) is 17.0 Å². The van der Waals surface area contributed by atoms with Gasteiger partial charge in [0.25, 0.3) is 0 Å². The highest BCUT2D eigenvalue weighted by Gasteiger charge is 2.51. The number of carboxylic acid groups (broad SMARTS) is 1. The van der Waals surface area contributed by atoms with E-state index in [1.165, 1.54) is 19.1 Å². The van der Waals surface area contributed by atoms with Crippen LogP contribution in [0.3, 0.4) is 0 Å². The number of nitrogens with zero attached hydrogens (tertiary/aromatic N) is 2. The summed E-state index contributed by atoms with van der Waals surface area (Å²) < 4.78 is 11.9. The Kier molecular flexibility index (Phi) is 5.97. The van der Waals surface area contributed by atoms with Gasteiger partial charge in [0, 0.05) is 44.0 Å². The van der Waals surface area contributed by atoms with Crippen LogP contribution in [0.4, 0.5) is 4.79 Å². The number of benzene rings is 1. The lowest BCUT2D eigenvalue weighted by atomic mass is 9.82. The van der Waals surface area contributed by atoms with Gasteiger partial charge in [0.15, 0.2) is 0 Å². The first-order valence-electron chi connectivity index (χ1n) is 11.3. The summed E-state index contributed by atoms with van der Waals surface area (Å²) in [6.45, 7) is 7.85. The molecule has 1 unspecified atom stereocenters. The van der Waals surface area contributed by atoms with Crippen LogP contribution in [-0.4, -0.2) is 57.3 Å². The third-order valence-corrected chi connectivity index (χ3v) is 6.08. The zero-order valence-electron chi connectivity index (χ0n) is 19.8. The number of pyridine rings is 1. The zero-order valence-corrected chi connectivity index (χ0v) is 19.8. The van der Waals surface area contributed by atoms with Gasteiger partial charge >= 0.3 is 12.1 Å². The maximum atomic E-state index is 12.5. The van der Waals surface area contributed by atoms with Gasteiger partial charge in [0.2, 0.25) is 5.91 Å². The van der Waals surface area contributed by atoms with Crippen LogP contribution in [-0.2, 0) is 9.53 Å². The van der Waals surface area contributed by atoms with Crippen molar-refractivity contribution >= 4 is 18.0 Å². The maximum Gasteiger partial charge on any atom is 0.410 e. The number of nitrogens with one attached hydrogen (secondary N) is 1. The van der Waals surface area contributed by atoms with E-state index in [1.54, 1.807) is 23.2 Å². The Morgan fingerprint density at radius 2 is 1.82 bits per heavy atom. The molecular weight excluding hydrogens is 438 g/mol. The lowest BCUT2D eigenvalue weighted by Crippen LogP contribution is -2.54. The van der Waals surface area contributed by atoms with E-state index in [0.717, 1.165) is 11.1 Å². The van der Waals surface area contributed by atoms with Gasteiger partial charge in [-0.15, -0.1) is 0 Å². The Hall–Kier alpha value is -3.62. The van der Waals surface area contributed by atoms with Crippen LogP contribution in [0, 0.1) is 0 Å². The number of rotatable bonds is 3. The standard InChI is InChI=1S/C25H29N3O6/c1-15(29)27-21-18-13-19(16-5-7-17(8-6-16)22(30)31)26-14-20(18)33-25(21)9-11-28(12-10-25)23(32)34-24(2,3)4/h5-8,13-14,21H,9-12H2,1-4H3,(H,27,29)(H,30,31). The quantitative estimate of drug-likeness (QED) is 0.705. The van der Waals surface area contributed by atoms with Gasteiger partial charge in [0.05, 0.1) is 23.5 Å². The molecule has 9 nitrogen and oxygen atoms in total. The molecule has 2 N–H and O–H groups in total. The Labute approximate surface area is 198 Å². The van der Waals surface area contributed by atoms with E-state index in [4.69, 9.17) is 14.6 Å². The van der Waals surface area contributed by atoms with Gasteiger partial charge in [-0.3, -0.25) is 9.78 Å². The molecule has 9 heteroatoms. The number of carbonyl (C=O) groups excluding carboxylic acids is 2. The molecule has 0 aliphatic carbocycles. The molecule has 1 spiro atoms. The van der Waals surface area contributed by atoms with Gasteiger partial charge in [-0.05, 0) is 39.0 Å². The molecule has 180 valence electrons. The molecule has 3 heterocycles. The third kappa shape index (κ3) is 4.69. The number of amides is 2. The van der Waals surface area contributed by atoms with Crippen LogP contribution < -0.4 is 10.1 Å². The first-order chi connectivity index (χ1) is 16.0. The number of carboxylic acids is 1. The second-order valence-corrected chi connectivity index (χ2v) is 9.76. The lowest BCUT2D eigenvalue weighted by molar-refractivity contribution is -0.121. The van der Waals surface area contributed by atoms with Crippen molar-refractivity contribution in [2.24, 2.45) is 0 Å². The third-order valence-electron chi connectivity index (χ3n) is 6.08. The van der Waals surface area contributed by atoms with Crippen LogP contribution in [0.5, 0.6) is 5.75 Å². The minimum atomic E-state index is -0.993. The van der Waals surface area contributed by atoms with E-state index in [2.05, 4.69) is 10.3 Å². The van der Waals surface area contributed by atoms with Crippen LogP contribution in [0.15, 0.2) is 36.5 Å². The zero-order chi connectivity index (χ0) is 24.7. The SMILES string of the molecule is CC(=O)NC1c2cc(-c3ccc(C(=O)O)cc3)ncc2OC12CCN(C(=O)OC(C)(C)C)CC2. The topological polar surface area (TPSA) is 118 Å². The number of likely N-dealkylation sites (tertiary alicyclic amines) is 1. The first kappa shape index (κ1) is 23.5. The fourth-order valence-electron chi connectivity index (χ4n) is 4.47. The van der Waals surface area contributed by atoms with Gasteiger partial charge in [-0.1, -0.05) is 12.1 Å². The second-order valence-electron chi connectivity index (χ2n) is 9.76. The number of carbonyl (C=O) groups is 3. The average Bonchev–Trinajstić information content (AvgIpc) is 3.04. The van der Waals surface area contributed by atoms with Crippen molar-refractivity contribution < 1.29 is 29.0 Å². The van der Waals surface area contributed by atoms with E-state index >= 15 is 0 Å². The van der Waals surface area contributed by atoms with Crippen molar-refractivity contribution in [3.05, 3.63) is 47.7 Å². The number of aromatic carboxylic acids is 1. The number of piperidine rings is 1. The minimum Gasteiger partial charge on any atom is -0.483 e. The monoisotopic (exact) mass is 467 g/mol. The molecule has 1 atom stereocenters. The van der Waals surface area contributed by atoms with Gasteiger partial charge in [-0.2, -0.15) is 0 Å². The molecule has 0 bridgehead atoms. The molecule has 1 saturated heterocycles. The number of fused-ring (bicyclic) bond motifs is 1. The van der Waals surface area contributed by atoms with E-state index < -0.39 is 23.2 Å². The first-order valence-corrected chi connectivity index (χ1v) is 11.3. The van der Waals surface area contributed by atoms with Crippen molar-refractivity contribution in [2.45, 2.75) is 57.8 Å². The summed E-state index contributed by atoms with van der Waals surface area (Å²) in [5.74, 6) is -0.581. The average molecular weight is 468 g/mol. The van der Waals surface area contributed by atoms with E-state index in [9.17, 15) is 14.4 Å². The summed E-state index contributed by atoms with van der Waals surface area (Å²) in [5.41, 5.74) is 1.15. The summed E-state index contributed by atoms with van der Waals surface area (Å²) >= 11 is 0. The fraction of sp³-hybridized carbons (Fsp3) is 0.440. The van der Waals surface area contributed by atoms with E-state index in [0.29, 0.717) is 37.4 Å². The fourth-order valence-corrected chi connectivity index (χ4v) is 4.47. The van der Waals surface area contributed by atoms with Gasteiger partial charge in [-0.25, -0.2) is 9.59 Å². The highest BCUT2D eigenvalue weighted by Crippen LogP contribution is 2.49. The molecule has 2 aromatic rings.